The van der Waals surface area contributed by atoms with Gasteiger partial charge in [-0.05, 0) is 55.0 Å². The van der Waals surface area contributed by atoms with Crippen LogP contribution in [0.15, 0.2) is 42.5 Å². The predicted octanol–water partition coefficient (Wildman–Crippen LogP) is 6.08. The first-order valence-electron chi connectivity index (χ1n) is 8.99. The molecule has 0 atom stereocenters. The quantitative estimate of drug-likeness (QED) is 0.601. The van der Waals surface area contributed by atoms with Crippen molar-refractivity contribution in [1.82, 2.24) is 0 Å². The second-order valence-corrected chi connectivity index (χ2v) is 7.53. The third-order valence-electron chi connectivity index (χ3n) is 5.68. The van der Waals surface area contributed by atoms with Crippen molar-refractivity contribution < 1.29 is 9.53 Å². The van der Waals surface area contributed by atoms with Crippen molar-refractivity contribution in [2.24, 2.45) is 11.3 Å². The van der Waals surface area contributed by atoms with E-state index in [0.29, 0.717) is 0 Å². The third-order valence-corrected chi connectivity index (χ3v) is 5.68. The number of hydrogen-bond donors (Lipinski definition) is 0. The minimum atomic E-state index is -0.562. The van der Waals surface area contributed by atoms with Crippen LogP contribution in [0, 0.1) is 11.3 Å². The van der Waals surface area contributed by atoms with Crippen molar-refractivity contribution in [3.63, 3.8) is 0 Å². The van der Waals surface area contributed by atoms with Crippen LogP contribution in [0.4, 0.5) is 0 Å². The number of benzene rings is 2. The van der Waals surface area contributed by atoms with Crippen LogP contribution in [0.25, 0.3) is 10.8 Å². The molecular weight excluding hydrogens is 296 g/mol. The zero-order chi connectivity index (χ0) is 18.0. The van der Waals surface area contributed by atoms with Gasteiger partial charge in [0.1, 0.15) is 5.60 Å². The van der Waals surface area contributed by atoms with Crippen LogP contribution in [0.1, 0.15) is 59.9 Å². The van der Waals surface area contributed by atoms with Gasteiger partial charge in [-0.1, -0.05) is 64.1 Å². The first kappa shape index (κ1) is 18.5. The Kier molecular flexibility index (Phi) is 5.37. The van der Waals surface area contributed by atoms with E-state index >= 15 is 0 Å². The Hall–Kier alpha value is -1.83. The highest BCUT2D eigenvalue weighted by atomic mass is 16.6. The normalized spacial score (nSPS) is 12.6. The Bertz CT molecular complexity index is 709. The lowest BCUT2D eigenvalue weighted by atomic mass is 9.80. The molecule has 0 unspecified atom stereocenters. The molecule has 0 saturated heterocycles. The summed E-state index contributed by atoms with van der Waals surface area (Å²) < 4.78 is 6.16. The molecule has 0 N–H and O–H groups in total. The summed E-state index contributed by atoms with van der Waals surface area (Å²) in [4.78, 5) is 12.9. The molecule has 2 aromatic carbocycles. The standard InChI is InChI=1S/C22H30O2/c1-7-22(8-2,24-20(23)21(5,6)16(3)4)19-14-13-17-11-9-10-12-18(17)15-19/h9-16H,7-8H2,1-6H3. The molecule has 0 bridgehead atoms. The van der Waals surface area contributed by atoms with Crippen molar-refractivity contribution in [3.05, 3.63) is 48.0 Å². The zero-order valence-corrected chi connectivity index (χ0v) is 15.8. The lowest BCUT2D eigenvalue weighted by molar-refractivity contribution is -0.175. The Labute approximate surface area is 146 Å². The van der Waals surface area contributed by atoms with E-state index in [-0.39, 0.29) is 11.9 Å². The Morgan fingerprint density at radius 2 is 1.58 bits per heavy atom. The molecule has 0 aromatic heterocycles. The molecule has 0 saturated carbocycles. The fourth-order valence-electron chi connectivity index (χ4n) is 2.88. The topological polar surface area (TPSA) is 26.3 Å². The molecule has 24 heavy (non-hydrogen) atoms. The van der Waals surface area contributed by atoms with Gasteiger partial charge < -0.3 is 4.74 Å². The van der Waals surface area contributed by atoms with Crippen LogP contribution in [0.5, 0.6) is 0 Å². The van der Waals surface area contributed by atoms with E-state index in [4.69, 9.17) is 4.74 Å². The maximum atomic E-state index is 12.9. The average molecular weight is 326 g/mol. The fraction of sp³-hybridized carbons (Fsp3) is 0.500. The summed E-state index contributed by atoms with van der Waals surface area (Å²) in [6.45, 7) is 12.3. The number of carbonyl (C=O) groups is 1. The van der Waals surface area contributed by atoms with E-state index < -0.39 is 11.0 Å². The van der Waals surface area contributed by atoms with E-state index in [1.54, 1.807) is 0 Å². The van der Waals surface area contributed by atoms with Gasteiger partial charge in [0.05, 0.1) is 5.41 Å². The Balaban J connectivity index is 2.44. The molecule has 2 heteroatoms. The second kappa shape index (κ2) is 6.96. The smallest absolute Gasteiger partial charge is 0.312 e. The van der Waals surface area contributed by atoms with E-state index in [9.17, 15) is 4.79 Å². The minimum absolute atomic E-state index is 0.116. The summed E-state index contributed by atoms with van der Waals surface area (Å²) in [5.74, 6) is 0.113. The first-order valence-corrected chi connectivity index (χ1v) is 8.99. The Morgan fingerprint density at radius 1 is 1.00 bits per heavy atom. The van der Waals surface area contributed by atoms with Gasteiger partial charge in [-0.25, -0.2) is 0 Å². The van der Waals surface area contributed by atoms with E-state index in [1.165, 1.54) is 10.8 Å². The molecule has 0 aliphatic rings. The van der Waals surface area contributed by atoms with Gasteiger partial charge in [0.25, 0.3) is 0 Å². The average Bonchev–Trinajstić information content (AvgIpc) is 2.59. The number of hydrogen-bond acceptors (Lipinski definition) is 2. The molecule has 0 spiro atoms. The molecular formula is C22H30O2. The minimum Gasteiger partial charge on any atom is -0.454 e. The zero-order valence-electron chi connectivity index (χ0n) is 15.8. The fourth-order valence-corrected chi connectivity index (χ4v) is 2.88. The van der Waals surface area contributed by atoms with Crippen LogP contribution in [0.3, 0.4) is 0 Å². The molecule has 0 aliphatic carbocycles. The summed E-state index contributed by atoms with van der Waals surface area (Å²) in [5.41, 5.74) is 0.0267. The third kappa shape index (κ3) is 3.33. The van der Waals surface area contributed by atoms with E-state index in [0.717, 1.165) is 18.4 Å². The molecule has 0 amide bonds. The molecule has 130 valence electrons. The van der Waals surface area contributed by atoms with Crippen LogP contribution in [0.2, 0.25) is 0 Å². The maximum Gasteiger partial charge on any atom is 0.312 e. The molecule has 0 radical (unpaired) electrons. The summed E-state index contributed by atoms with van der Waals surface area (Å²) in [5, 5.41) is 2.39. The van der Waals surface area contributed by atoms with Gasteiger partial charge >= 0.3 is 5.97 Å². The summed E-state index contributed by atoms with van der Waals surface area (Å²) in [6, 6.07) is 14.7. The van der Waals surface area contributed by atoms with Crippen molar-refractivity contribution in [3.8, 4) is 0 Å². The number of esters is 1. The summed E-state index contributed by atoms with van der Waals surface area (Å²) >= 11 is 0. The second-order valence-electron chi connectivity index (χ2n) is 7.53. The summed E-state index contributed by atoms with van der Waals surface area (Å²) in [7, 11) is 0. The SMILES string of the molecule is CCC(CC)(OC(=O)C(C)(C)C(C)C)c1ccc2ccccc2c1. The van der Waals surface area contributed by atoms with Gasteiger partial charge in [-0.2, -0.15) is 0 Å². The molecule has 2 nitrogen and oxygen atoms in total. The van der Waals surface area contributed by atoms with Crippen LogP contribution >= 0.6 is 0 Å². The molecule has 0 aliphatic heterocycles. The summed E-state index contributed by atoms with van der Waals surface area (Å²) in [6.07, 6.45) is 1.53. The highest BCUT2D eigenvalue weighted by Gasteiger charge is 2.40. The monoisotopic (exact) mass is 326 g/mol. The lowest BCUT2D eigenvalue weighted by Gasteiger charge is -2.37. The van der Waals surface area contributed by atoms with Crippen molar-refractivity contribution in [2.75, 3.05) is 0 Å². The number of fused-ring (bicyclic) bond motifs is 1. The molecule has 2 aromatic rings. The van der Waals surface area contributed by atoms with Crippen LogP contribution in [-0.2, 0) is 15.1 Å². The van der Waals surface area contributed by atoms with Gasteiger partial charge in [-0.3, -0.25) is 4.79 Å². The van der Waals surface area contributed by atoms with Crippen LogP contribution in [-0.4, -0.2) is 5.97 Å². The van der Waals surface area contributed by atoms with Crippen molar-refractivity contribution >= 4 is 16.7 Å². The molecule has 0 fully saturated rings. The van der Waals surface area contributed by atoms with Crippen LogP contribution < -0.4 is 0 Å². The van der Waals surface area contributed by atoms with Gasteiger partial charge in [0.15, 0.2) is 0 Å². The lowest BCUT2D eigenvalue weighted by Crippen LogP contribution is -2.39. The number of carbonyl (C=O) groups excluding carboxylic acids is 1. The van der Waals surface area contributed by atoms with Crippen molar-refractivity contribution in [1.29, 1.82) is 0 Å². The Morgan fingerprint density at radius 3 is 2.12 bits per heavy atom. The van der Waals surface area contributed by atoms with Gasteiger partial charge in [-0.15, -0.1) is 0 Å². The van der Waals surface area contributed by atoms with Crippen molar-refractivity contribution in [2.45, 2.75) is 60.0 Å². The van der Waals surface area contributed by atoms with Gasteiger partial charge in [0.2, 0.25) is 0 Å². The highest BCUT2D eigenvalue weighted by Crippen LogP contribution is 2.38. The van der Waals surface area contributed by atoms with E-state index in [2.05, 4.69) is 58.0 Å². The largest absolute Gasteiger partial charge is 0.454 e. The number of ether oxygens (including phenoxy) is 1. The van der Waals surface area contributed by atoms with E-state index in [1.807, 2.05) is 26.0 Å². The molecule has 0 heterocycles. The maximum absolute atomic E-state index is 12.9. The predicted molar refractivity (Wildman–Crippen MR) is 101 cm³/mol. The molecule has 2 rings (SSSR count). The number of rotatable bonds is 6. The van der Waals surface area contributed by atoms with Gasteiger partial charge in [0, 0.05) is 0 Å². The first-order chi connectivity index (χ1) is 11.3. The highest BCUT2D eigenvalue weighted by molar-refractivity contribution is 5.83.